The van der Waals surface area contributed by atoms with Gasteiger partial charge < -0.3 is 19.6 Å². The molecule has 2 saturated heterocycles. The monoisotopic (exact) mass is 575 g/mol. The van der Waals surface area contributed by atoms with Gasteiger partial charge in [0.25, 0.3) is 5.69 Å². The van der Waals surface area contributed by atoms with Crippen molar-refractivity contribution in [3.05, 3.63) is 45.6 Å². The molecule has 4 rings (SSSR count). The first-order valence-electron chi connectivity index (χ1n) is 13.2. The summed E-state index contributed by atoms with van der Waals surface area (Å²) in [5.74, 6) is 1.11. The second kappa shape index (κ2) is 13.3. The lowest BCUT2D eigenvalue weighted by atomic mass is 10.1. The van der Waals surface area contributed by atoms with Gasteiger partial charge in [0.1, 0.15) is 11.0 Å². The fraction of sp³-hybridized carbons (Fsp3) is 0.538. The maximum atomic E-state index is 12.9. The zero-order valence-corrected chi connectivity index (χ0v) is 23.9. The van der Waals surface area contributed by atoms with Crippen LogP contribution in [-0.4, -0.2) is 94.1 Å². The lowest BCUT2D eigenvalue weighted by Crippen LogP contribution is -2.54. The number of anilines is 2. The average molecular weight is 576 g/mol. The highest BCUT2D eigenvalue weighted by Crippen LogP contribution is 2.25. The van der Waals surface area contributed by atoms with E-state index in [0.717, 1.165) is 18.5 Å². The molecule has 1 atom stereocenters. The second-order valence-electron chi connectivity index (χ2n) is 9.75. The number of carbonyl (C=O) groups excluding carboxylic acids is 2. The molecule has 2 aromatic rings. The molecular formula is C26H34ClN7O4S. The molecule has 0 bridgehead atoms. The summed E-state index contributed by atoms with van der Waals surface area (Å²) in [6.07, 6.45) is 2.49. The molecule has 39 heavy (non-hydrogen) atoms. The van der Waals surface area contributed by atoms with Crippen molar-refractivity contribution in [3.63, 3.8) is 0 Å². The molecule has 2 amide bonds. The molecule has 210 valence electrons. The Morgan fingerprint density at radius 3 is 2.38 bits per heavy atom. The lowest BCUT2D eigenvalue weighted by Gasteiger charge is -2.40. The number of nitrogens with zero attached hydrogens (tertiary/aromatic N) is 7. The topological polar surface area (TPSA) is 116 Å². The van der Waals surface area contributed by atoms with E-state index in [4.69, 9.17) is 11.6 Å². The number of amides is 2. The number of benzene rings is 1. The predicted octanol–water partition coefficient (Wildman–Crippen LogP) is 3.71. The molecule has 2 aliphatic heterocycles. The van der Waals surface area contributed by atoms with E-state index < -0.39 is 4.92 Å². The molecule has 0 spiro atoms. The Balaban J connectivity index is 1.28. The second-order valence-corrected chi connectivity index (χ2v) is 11.1. The van der Waals surface area contributed by atoms with Gasteiger partial charge in [-0.25, -0.2) is 9.97 Å². The number of piperazine rings is 2. The number of aromatic nitrogens is 2. The first-order valence-corrected chi connectivity index (χ1v) is 14.6. The number of nitro benzene ring substituents is 1. The highest BCUT2D eigenvalue weighted by Gasteiger charge is 2.28. The third-order valence-corrected chi connectivity index (χ3v) is 8.09. The number of halogens is 1. The third-order valence-electron chi connectivity index (χ3n) is 7.06. The fourth-order valence-electron chi connectivity index (χ4n) is 4.84. The number of non-ortho nitro benzene ring substituents is 1. The Morgan fingerprint density at radius 2 is 1.74 bits per heavy atom. The van der Waals surface area contributed by atoms with Crippen LogP contribution in [0.5, 0.6) is 0 Å². The van der Waals surface area contributed by atoms with Gasteiger partial charge in [-0.15, -0.1) is 0 Å². The van der Waals surface area contributed by atoms with Gasteiger partial charge in [0, 0.05) is 82.2 Å². The SMILES string of the molecule is CCCCC(=O)N1CCN(c2cc(Cl)nc(SCC(=O)N3CCN(c4ccc([N+](=O)[O-])cc4)CC3)n2)CC1C. The van der Waals surface area contributed by atoms with Crippen molar-refractivity contribution in [2.24, 2.45) is 0 Å². The minimum atomic E-state index is -0.414. The van der Waals surface area contributed by atoms with Gasteiger partial charge >= 0.3 is 0 Å². The van der Waals surface area contributed by atoms with Crippen molar-refractivity contribution in [1.29, 1.82) is 0 Å². The van der Waals surface area contributed by atoms with E-state index in [1.54, 1.807) is 18.2 Å². The van der Waals surface area contributed by atoms with Crippen LogP contribution in [0.2, 0.25) is 5.15 Å². The van der Waals surface area contributed by atoms with Crippen LogP contribution in [0.3, 0.4) is 0 Å². The quantitative estimate of drug-likeness (QED) is 0.145. The predicted molar refractivity (Wildman–Crippen MR) is 153 cm³/mol. The smallest absolute Gasteiger partial charge is 0.269 e. The molecule has 3 heterocycles. The molecular weight excluding hydrogens is 542 g/mol. The molecule has 0 saturated carbocycles. The molecule has 2 aliphatic rings. The molecule has 1 unspecified atom stereocenters. The molecule has 11 nitrogen and oxygen atoms in total. The highest BCUT2D eigenvalue weighted by molar-refractivity contribution is 7.99. The first kappa shape index (κ1) is 28.9. The van der Waals surface area contributed by atoms with E-state index in [9.17, 15) is 19.7 Å². The maximum absolute atomic E-state index is 12.9. The summed E-state index contributed by atoms with van der Waals surface area (Å²) in [7, 11) is 0. The minimum absolute atomic E-state index is 0.00121. The Labute approximate surface area is 237 Å². The largest absolute Gasteiger partial charge is 0.368 e. The standard InChI is InChI=1S/C26H34ClN7O4S/c1-3-4-5-24(35)33-15-14-32(17-19(33)2)23-16-22(27)28-26(29-23)39-18-25(36)31-12-10-30(11-13-31)20-6-8-21(9-7-20)34(37)38/h6-9,16,19H,3-5,10-15,17-18H2,1-2H3. The summed E-state index contributed by atoms with van der Waals surface area (Å²) in [6, 6.07) is 8.27. The number of thioether (sulfide) groups is 1. The van der Waals surface area contributed by atoms with Crippen LogP contribution in [0.1, 0.15) is 33.1 Å². The molecule has 0 radical (unpaired) electrons. The van der Waals surface area contributed by atoms with E-state index in [0.29, 0.717) is 68.4 Å². The van der Waals surface area contributed by atoms with Crippen molar-refractivity contribution < 1.29 is 14.5 Å². The van der Waals surface area contributed by atoms with Crippen LogP contribution in [-0.2, 0) is 9.59 Å². The van der Waals surface area contributed by atoms with Gasteiger partial charge in [0.15, 0.2) is 5.16 Å². The van der Waals surface area contributed by atoms with Crippen LogP contribution >= 0.6 is 23.4 Å². The van der Waals surface area contributed by atoms with Gasteiger partial charge in [-0.05, 0) is 25.5 Å². The average Bonchev–Trinajstić information content (AvgIpc) is 2.94. The molecule has 2 fully saturated rings. The van der Waals surface area contributed by atoms with Gasteiger partial charge in [0.05, 0.1) is 10.7 Å². The maximum Gasteiger partial charge on any atom is 0.269 e. The van der Waals surface area contributed by atoms with Gasteiger partial charge in [-0.1, -0.05) is 36.7 Å². The van der Waals surface area contributed by atoms with Crippen LogP contribution in [0, 0.1) is 10.1 Å². The molecule has 13 heteroatoms. The number of hydrogen-bond acceptors (Lipinski definition) is 9. The van der Waals surface area contributed by atoms with Gasteiger partial charge in [0.2, 0.25) is 11.8 Å². The first-order chi connectivity index (χ1) is 18.7. The summed E-state index contributed by atoms with van der Waals surface area (Å²) >= 11 is 7.58. The highest BCUT2D eigenvalue weighted by atomic mass is 35.5. The Kier molecular flexibility index (Phi) is 9.84. The minimum Gasteiger partial charge on any atom is -0.368 e. The van der Waals surface area contributed by atoms with Crippen LogP contribution in [0.15, 0.2) is 35.5 Å². The van der Waals surface area contributed by atoms with Crippen molar-refractivity contribution in [2.75, 3.05) is 61.4 Å². The third kappa shape index (κ3) is 7.51. The number of rotatable bonds is 9. The number of hydrogen-bond donors (Lipinski definition) is 0. The summed E-state index contributed by atoms with van der Waals surface area (Å²) in [4.78, 5) is 52.9. The van der Waals surface area contributed by atoms with E-state index >= 15 is 0 Å². The Morgan fingerprint density at radius 1 is 1.05 bits per heavy atom. The van der Waals surface area contributed by atoms with E-state index in [1.165, 1.54) is 23.9 Å². The molecule has 0 N–H and O–H groups in total. The normalized spacial score (nSPS) is 17.9. The van der Waals surface area contributed by atoms with Crippen molar-refractivity contribution in [1.82, 2.24) is 19.8 Å². The Bertz CT molecular complexity index is 1180. The lowest BCUT2D eigenvalue weighted by molar-refractivity contribution is -0.384. The zero-order valence-electron chi connectivity index (χ0n) is 22.3. The zero-order chi connectivity index (χ0) is 27.9. The van der Waals surface area contributed by atoms with E-state index in [2.05, 4.69) is 33.6 Å². The summed E-state index contributed by atoms with van der Waals surface area (Å²) in [5.41, 5.74) is 0.965. The summed E-state index contributed by atoms with van der Waals surface area (Å²) < 4.78 is 0. The van der Waals surface area contributed by atoms with Crippen LogP contribution in [0.4, 0.5) is 17.2 Å². The number of nitro groups is 1. The number of carbonyl (C=O) groups is 2. The van der Waals surface area contributed by atoms with Crippen molar-refractivity contribution >= 4 is 52.4 Å². The molecule has 1 aromatic heterocycles. The molecule has 1 aromatic carbocycles. The van der Waals surface area contributed by atoms with E-state index in [1.807, 2.05) is 9.80 Å². The fourth-order valence-corrected chi connectivity index (χ4v) is 5.82. The van der Waals surface area contributed by atoms with Crippen molar-refractivity contribution in [3.8, 4) is 0 Å². The number of unbranched alkanes of at least 4 members (excludes halogenated alkanes) is 1. The van der Waals surface area contributed by atoms with Crippen molar-refractivity contribution in [2.45, 2.75) is 44.3 Å². The van der Waals surface area contributed by atoms with Gasteiger partial charge in [-0.2, -0.15) is 0 Å². The van der Waals surface area contributed by atoms with E-state index in [-0.39, 0.29) is 29.3 Å². The summed E-state index contributed by atoms with van der Waals surface area (Å²) in [6.45, 7) is 8.53. The molecule has 0 aliphatic carbocycles. The van der Waals surface area contributed by atoms with Crippen LogP contribution < -0.4 is 9.80 Å². The Hall–Kier alpha value is -3.12. The van der Waals surface area contributed by atoms with Crippen LogP contribution in [0.25, 0.3) is 0 Å². The van der Waals surface area contributed by atoms with Gasteiger partial charge in [-0.3, -0.25) is 19.7 Å². The summed E-state index contributed by atoms with van der Waals surface area (Å²) in [5, 5.41) is 11.6.